The molecule has 0 aliphatic rings. The minimum Gasteiger partial charge on any atom is -0.435 e. The number of hydrogen-bond donors (Lipinski definition) is 1. The van der Waals surface area contributed by atoms with Crippen LogP contribution >= 0.6 is 0 Å². The second-order valence-electron chi connectivity index (χ2n) is 6.06. The summed E-state index contributed by atoms with van der Waals surface area (Å²) in [4.78, 5) is 12.2. The maximum Gasteiger partial charge on any atom is 0.387 e. The highest BCUT2D eigenvalue weighted by Gasteiger charge is 2.12. The highest BCUT2D eigenvalue weighted by atomic mass is 19.3. The zero-order valence-electron chi connectivity index (χ0n) is 14.4. The Balaban J connectivity index is 1.57. The van der Waals surface area contributed by atoms with Crippen molar-refractivity contribution in [2.75, 3.05) is 0 Å². The van der Waals surface area contributed by atoms with Crippen LogP contribution in [0.4, 0.5) is 8.78 Å². The molecule has 0 spiro atoms. The summed E-state index contributed by atoms with van der Waals surface area (Å²) >= 11 is 0. The Kier molecular flexibility index (Phi) is 5.51. The molecule has 0 bridgehead atoms. The maximum absolute atomic E-state index is 12.3. The van der Waals surface area contributed by atoms with Gasteiger partial charge < -0.3 is 14.6 Å². The lowest BCUT2D eigenvalue weighted by Gasteiger charge is -2.16. The highest BCUT2D eigenvalue weighted by Crippen LogP contribution is 2.21. The average Bonchev–Trinajstić information content (AvgIpc) is 3.03. The second-order valence-corrected chi connectivity index (χ2v) is 6.06. The number of nitrogens with one attached hydrogen (secondary N) is 1. The molecular formula is C20H20F2N2O2. The number of carbonyl (C=O) groups excluding carboxylic acids is 1. The fourth-order valence-electron chi connectivity index (χ4n) is 2.91. The molecule has 0 fully saturated rings. The fourth-order valence-corrected chi connectivity index (χ4v) is 2.91. The molecule has 1 amide bonds. The largest absolute Gasteiger partial charge is 0.435 e. The molecule has 1 heterocycles. The van der Waals surface area contributed by atoms with Crippen LogP contribution in [-0.2, 0) is 11.3 Å². The van der Waals surface area contributed by atoms with Crippen molar-refractivity contribution in [2.24, 2.45) is 0 Å². The van der Waals surface area contributed by atoms with Gasteiger partial charge in [-0.2, -0.15) is 8.78 Å². The molecule has 0 aliphatic heterocycles. The van der Waals surface area contributed by atoms with Crippen LogP contribution in [0, 0.1) is 0 Å². The van der Waals surface area contributed by atoms with E-state index < -0.39 is 6.61 Å². The predicted molar refractivity (Wildman–Crippen MR) is 96.2 cm³/mol. The maximum atomic E-state index is 12.3. The first kappa shape index (κ1) is 17.9. The lowest BCUT2D eigenvalue weighted by molar-refractivity contribution is -0.121. The van der Waals surface area contributed by atoms with Crippen molar-refractivity contribution in [1.82, 2.24) is 9.88 Å². The first-order valence-electron chi connectivity index (χ1n) is 8.41. The van der Waals surface area contributed by atoms with Crippen molar-refractivity contribution >= 4 is 16.8 Å². The van der Waals surface area contributed by atoms with Gasteiger partial charge in [-0.25, -0.2) is 0 Å². The Morgan fingerprint density at radius 3 is 2.77 bits per heavy atom. The predicted octanol–water partition coefficient (Wildman–Crippen LogP) is 4.51. The summed E-state index contributed by atoms with van der Waals surface area (Å²) in [5.41, 5.74) is 1.80. The SMILES string of the molecule is CC(NC(=O)CCn1ccc2ccccc21)c1cccc(OC(F)F)c1. The number of halogens is 2. The number of aryl methyl sites for hydroxylation is 1. The first-order chi connectivity index (χ1) is 12.5. The molecular weight excluding hydrogens is 338 g/mol. The molecule has 26 heavy (non-hydrogen) atoms. The van der Waals surface area contributed by atoms with E-state index in [1.165, 1.54) is 12.1 Å². The quantitative estimate of drug-likeness (QED) is 0.675. The van der Waals surface area contributed by atoms with Crippen LogP contribution in [-0.4, -0.2) is 17.1 Å². The Bertz CT molecular complexity index is 892. The molecule has 1 aromatic heterocycles. The number of carbonyl (C=O) groups is 1. The number of fused-ring (bicyclic) bond motifs is 1. The average molecular weight is 358 g/mol. The summed E-state index contributed by atoms with van der Waals surface area (Å²) in [5, 5.41) is 4.03. The third-order valence-electron chi connectivity index (χ3n) is 4.22. The van der Waals surface area contributed by atoms with Crippen LogP contribution in [0.15, 0.2) is 60.8 Å². The van der Waals surface area contributed by atoms with E-state index in [9.17, 15) is 13.6 Å². The van der Waals surface area contributed by atoms with Crippen LogP contribution in [0.1, 0.15) is 24.9 Å². The molecule has 1 N–H and O–H groups in total. The molecule has 136 valence electrons. The Morgan fingerprint density at radius 1 is 1.15 bits per heavy atom. The second kappa shape index (κ2) is 7.99. The number of alkyl halides is 2. The molecule has 0 saturated heterocycles. The van der Waals surface area contributed by atoms with Gasteiger partial charge in [0.15, 0.2) is 0 Å². The van der Waals surface area contributed by atoms with E-state index in [1.807, 2.05) is 48.0 Å². The van der Waals surface area contributed by atoms with Crippen molar-refractivity contribution in [3.05, 3.63) is 66.4 Å². The van der Waals surface area contributed by atoms with E-state index in [1.54, 1.807) is 12.1 Å². The number of hydrogen-bond acceptors (Lipinski definition) is 2. The van der Waals surface area contributed by atoms with Crippen LogP contribution in [0.2, 0.25) is 0 Å². The zero-order valence-corrected chi connectivity index (χ0v) is 14.4. The standard InChI is InChI=1S/C20H20F2N2O2/c1-14(16-6-4-7-17(13-16)26-20(21)22)23-19(25)10-12-24-11-9-15-5-2-3-8-18(15)24/h2-9,11,13-14,20H,10,12H2,1H3,(H,23,25). The third kappa shape index (κ3) is 4.39. The Morgan fingerprint density at radius 2 is 1.96 bits per heavy atom. The molecule has 0 radical (unpaired) electrons. The summed E-state index contributed by atoms with van der Waals surface area (Å²) in [5.74, 6) is -0.0205. The van der Waals surface area contributed by atoms with Crippen molar-refractivity contribution in [1.29, 1.82) is 0 Å². The smallest absolute Gasteiger partial charge is 0.387 e. The fraction of sp³-hybridized carbons (Fsp3) is 0.250. The molecule has 1 unspecified atom stereocenters. The van der Waals surface area contributed by atoms with Crippen LogP contribution in [0.5, 0.6) is 5.75 Å². The number of ether oxygens (including phenoxy) is 1. The highest BCUT2D eigenvalue weighted by molar-refractivity contribution is 5.80. The normalized spacial score (nSPS) is 12.3. The van der Waals surface area contributed by atoms with E-state index in [0.717, 1.165) is 10.9 Å². The lowest BCUT2D eigenvalue weighted by atomic mass is 10.1. The van der Waals surface area contributed by atoms with Gasteiger partial charge in [0.1, 0.15) is 5.75 Å². The van der Waals surface area contributed by atoms with Crippen molar-refractivity contribution < 1.29 is 18.3 Å². The summed E-state index contributed by atoms with van der Waals surface area (Å²) in [6.45, 7) is -0.489. The minimum atomic E-state index is -2.87. The van der Waals surface area contributed by atoms with Crippen molar-refractivity contribution in [3.8, 4) is 5.75 Å². The number of para-hydroxylation sites is 1. The number of rotatable bonds is 7. The minimum absolute atomic E-state index is 0.0809. The molecule has 0 aliphatic carbocycles. The molecule has 4 nitrogen and oxygen atoms in total. The molecule has 3 rings (SSSR count). The number of nitrogens with zero attached hydrogens (tertiary/aromatic N) is 1. The van der Waals surface area contributed by atoms with Crippen molar-refractivity contribution in [3.63, 3.8) is 0 Å². The zero-order chi connectivity index (χ0) is 18.5. The van der Waals surface area contributed by atoms with E-state index in [-0.39, 0.29) is 17.7 Å². The number of aromatic nitrogens is 1. The van der Waals surface area contributed by atoms with E-state index in [2.05, 4.69) is 10.1 Å². The summed E-state index contributed by atoms with van der Waals surface area (Å²) in [6.07, 6.45) is 2.29. The lowest BCUT2D eigenvalue weighted by Crippen LogP contribution is -2.27. The molecule has 3 aromatic rings. The van der Waals surface area contributed by atoms with E-state index in [4.69, 9.17) is 0 Å². The van der Waals surface area contributed by atoms with Crippen LogP contribution in [0.3, 0.4) is 0 Å². The van der Waals surface area contributed by atoms with Gasteiger partial charge in [-0.1, -0.05) is 30.3 Å². The van der Waals surface area contributed by atoms with Gasteiger partial charge in [-0.05, 0) is 42.1 Å². The monoisotopic (exact) mass is 358 g/mol. The summed E-state index contributed by atoms with van der Waals surface area (Å²) < 4.78 is 31.1. The van der Waals surface area contributed by atoms with Gasteiger partial charge in [0.25, 0.3) is 0 Å². The van der Waals surface area contributed by atoms with Crippen LogP contribution < -0.4 is 10.1 Å². The molecule has 0 saturated carbocycles. The van der Waals surface area contributed by atoms with Crippen molar-refractivity contribution in [2.45, 2.75) is 32.5 Å². The van der Waals surface area contributed by atoms with Gasteiger partial charge in [0.05, 0.1) is 6.04 Å². The Labute approximate surface area is 150 Å². The summed E-state index contributed by atoms with van der Waals surface area (Å²) in [6, 6.07) is 16.1. The van der Waals surface area contributed by atoms with E-state index >= 15 is 0 Å². The first-order valence-corrected chi connectivity index (χ1v) is 8.41. The van der Waals surface area contributed by atoms with Gasteiger partial charge in [0.2, 0.25) is 5.91 Å². The summed E-state index contributed by atoms with van der Waals surface area (Å²) in [7, 11) is 0. The topological polar surface area (TPSA) is 43.3 Å². The third-order valence-corrected chi connectivity index (χ3v) is 4.22. The number of benzene rings is 2. The molecule has 2 aromatic carbocycles. The number of amides is 1. The Hall–Kier alpha value is -2.89. The molecule has 6 heteroatoms. The van der Waals surface area contributed by atoms with Gasteiger partial charge in [0, 0.05) is 24.7 Å². The van der Waals surface area contributed by atoms with E-state index in [0.29, 0.717) is 18.5 Å². The van der Waals surface area contributed by atoms with Gasteiger partial charge in [-0.3, -0.25) is 4.79 Å². The molecule has 1 atom stereocenters. The van der Waals surface area contributed by atoms with Gasteiger partial charge >= 0.3 is 6.61 Å². The van der Waals surface area contributed by atoms with Gasteiger partial charge in [-0.15, -0.1) is 0 Å². The van der Waals surface area contributed by atoms with Crippen LogP contribution in [0.25, 0.3) is 10.9 Å².